The maximum Gasteiger partial charge on any atom is 0.322 e. The highest BCUT2D eigenvalue weighted by Gasteiger charge is 2.24. The maximum atomic E-state index is 11.8. The van der Waals surface area contributed by atoms with Gasteiger partial charge in [-0.15, -0.1) is 0 Å². The Morgan fingerprint density at radius 2 is 1.68 bits per heavy atom. The molecule has 19 heavy (non-hydrogen) atoms. The Balaban J connectivity index is 4.46. The Kier molecular flexibility index (Phi) is 7.69. The molecule has 0 radical (unpaired) electrons. The zero-order valence-corrected chi connectivity index (χ0v) is 11.3. The van der Waals surface area contributed by atoms with E-state index in [4.69, 9.17) is 10.2 Å². The molecule has 2 atom stereocenters. The lowest BCUT2D eigenvalue weighted by molar-refractivity contribution is -0.141. The van der Waals surface area contributed by atoms with Crippen LogP contribution >= 0.6 is 0 Å². The first kappa shape index (κ1) is 17.3. The number of nitrogens with one attached hydrogen (secondary N) is 3. The molecule has 0 spiro atoms. The van der Waals surface area contributed by atoms with E-state index in [2.05, 4.69) is 16.0 Å². The van der Waals surface area contributed by atoms with Crippen LogP contribution in [-0.2, 0) is 14.4 Å². The summed E-state index contributed by atoms with van der Waals surface area (Å²) in [6.45, 7) is 3.46. The third kappa shape index (κ3) is 7.37. The van der Waals surface area contributed by atoms with Gasteiger partial charge in [-0.25, -0.2) is 0 Å². The normalized spacial score (nSPS) is 13.9. The summed E-state index contributed by atoms with van der Waals surface area (Å²) in [6.07, 6.45) is -0.360. The van der Waals surface area contributed by atoms with Gasteiger partial charge in [0.15, 0.2) is 0 Å². The molecule has 0 fully saturated rings. The van der Waals surface area contributed by atoms with Crippen LogP contribution in [0.25, 0.3) is 0 Å². The van der Waals surface area contributed by atoms with Crippen molar-refractivity contribution in [1.29, 1.82) is 0 Å². The van der Waals surface area contributed by atoms with Crippen LogP contribution in [0.5, 0.6) is 0 Å². The van der Waals surface area contributed by atoms with Crippen molar-refractivity contribution in [2.45, 2.75) is 38.4 Å². The summed E-state index contributed by atoms with van der Waals surface area (Å²) in [4.78, 5) is 33.2. The molecule has 110 valence electrons. The first-order valence-electron chi connectivity index (χ1n) is 5.93. The van der Waals surface area contributed by atoms with Gasteiger partial charge in [0.2, 0.25) is 5.91 Å². The van der Waals surface area contributed by atoms with Crippen LogP contribution in [0.15, 0.2) is 0 Å². The fourth-order valence-electron chi connectivity index (χ4n) is 1.44. The minimum atomic E-state index is -1.10. The summed E-state index contributed by atoms with van der Waals surface area (Å²) in [5.41, 5.74) is 0. The van der Waals surface area contributed by atoms with E-state index in [1.165, 1.54) is 7.05 Å². The number of likely N-dealkylation sites (N-methyl/N-ethyl adjacent to an activating group) is 1. The molecular weight excluding hydrogens is 254 g/mol. The molecule has 0 aliphatic carbocycles. The number of carbonyl (C=O) groups excluding carboxylic acids is 1. The number of aliphatic carboxylic acids is 2. The van der Waals surface area contributed by atoms with Crippen molar-refractivity contribution in [2.75, 3.05) is 13.6 Å². The summed E-state index contributed by atoms with van der Waals surface area (Å²) < 4.78 is 0. The van der Waals surface area contributed by atoms with E-state index in [1.807, 2.05) is 0 Å². The van der Waals surface area contributed by atoms with Gasteiger partial charge < -0.3 is 26.2 Å². The summed E-state index contributed by atoms with van der Waals surface area (Å²) >= 11 is 0. The third-order valence-electron chi connectivity index (χ3n) is 2.36. The van der Waals surface area contributed by atoms with Crippen molar-refractivity contribution in [1.82, 2.24) is 16.0 Å². The predicted molar refractivity (Wildman–Crippen MR) is 67.8 cm³/mol. The van der Waals surface area contributed by atoms with Crippen molar-refractivity contribution in [3.8, 4) is 0 Å². The molecule has 8 heteroatoms. The monoisotopic (exact) mass is 275 g/mol. The molecule has 1 amide bonds. The molecule has 0 aromatic heterocycles. The van der Waals surface area contributed by atoms with Crippen LogP contribution in [0.3, 0.4) is 0 Å². The Labute approximate surface area is 111 Å². The van der Waals surface area contributed by atoms with Crippen LogP contribution in [-0.4, -0.2) is 59.8 Å². The van der Waals surface area contributed by atoms with Crippen LogP contribution in [0, 0.1) is 0 Å². The number of carbonyl (C=O) groups is 3. The molecule has 0 rings (SSSR count). The number of amides is 1. The van der Waals surface area contributed by atoms with Gasteiger partial charge in [-0.1, -0.05) is 13.8 Å². The molecule has 0 bridgehead atoms. The quantitative estimate of drug-likeness (QED) is 0.351. The summed E-state index contributed by atoms with van der Waals surface area (Å²) in [6, 6.07) is -1.85. The maximum absolute atomic E-state index is 11.8. The molecule has 0 aliphatic heterocycles. The van der Waals surface area contributed by atoms with Gasteiger partial charge in [-0.05, 0) is 7.05 Å². The van der Waals surface area contributed by atoms with Crippen molar-refractivity contribution in [3.63, 3.8) is 0 Å². The van der Waals surface area contributed by atoms with Crippen LogP contribution < -0.4 is 16.0 Å². The molecular formula is C11H21N3O5. The van der Waals surface area contributed by atoms with E-state index in [-0.39, 0.29) is 19.0 Å². The van der Waals surface area contributed by atoms with Gasteiger partial charge in [0.1, 0.15) is 6.04 Å². The highest BCUT2D eigenvalue weighted by Crippen LogP contribution is 1.96. The highest BCUT2D eigenvalue weighted by molar-refractivity contribution is 5.86. The second-order valence-corrected chi connectivity index (χ2v) is 4.40. The van der Waals surface area contributed by atoms with Crippen molar-refractivity contribution in [3.05, 3.63) is 0 Å². The first-order valence-corrected chi connectivity index (χ1v) is 5.93. The summed E-state index contributed by atoms with van der Waals surface area (Å²) in [7, 11) is 1.46. The lowest BCUT2D eigenvalue weighted by atomic mass is 10.1. The molecule has 0 saturated heterocycles. The Bertz CT molecular complexity index is 332. The van der Waals surface area contributed by atoms with Crippen molar-refractivity contribution in [2.24, 2.45) is 0 Å². The number of carboxylic acid groups (broad SMARTS) is 2. The zero-order chi connectivity index (χ0) is 15.0. The minimum Gasteiger partial charge on any atom is -0.481 e. The van der Waals surface area contributed by atoms with E-state index in [9.17, 15) is 14.4 Å². The van der Waals surface area contributed by atoms with Gasteiger partial charge in [-0.2, -0.15) is 0 Å². The summed E-state index contributed by atoms with van der Waals surface area (Å²) in [5.74, 6) is -2.72. The van der Waals surface area contributed by atoms with Gasteiger partial charge in [0.25, 0.3) is 0 Å². The second kappa shape index (κ2) is 8.44. The van der Waals surface area contributed by atoms with Crippen LogP contribution in [0.2, 0.25) is 0 Å². The SMILES string of the molecule is CN[C@H](CNC(=O)[C@H](CC(=O)O)NC(C)C)C(=O)O. The Morgan fingerprint density at radius 3 is 2.05 bits per heavy atom. The molecule has 0 unspecified atom stereocenters. The molecule has 0 aromatic rings. The van der Waals surface area contributed by atoms with E-state index in [1.54, 1.807) is 13.8 Å². The predicted octanol–water partition coefficient (Wildman–Crippen LogP) is -1.38. The third-order valence-corrected chi connectivity index (χ3v) is 2.36. The fraction of sp³-hybridized carbons (Fsp3) is 0.727. The second-order valence-electron chi connectivity index (χ2n) is 4.40. The minimum absolute atomic E-state index is 0.0605. The Morgan fingerprint density at radius 1 is 1.11 bits per heavy atom. The standard InChI is InChI=1S/C11H21N3O5/c1-6(2)14-7(4-9(15)16)10(17)13-5-8(12-3)11(18)19/h6-8,12,14H,4-5H2,1-3H3,(H,13,17)(H,15,16)(H,18,19)/t7-,8+/m0/s1. The molecule has 0 saturated carbocycles. The average Bonchev–Trinajstić information content (AvgIpc) is 2.26. The van der Waals surface area contributed by atoms with E-state index < -0.39 is 29.9 Å². The largest absolute Gasteiger partial charge is 0.481 e. The number of hydrogen-bond acceptors (Lipinski definition) is 5. The molecule has 8 nitrogen and oxygen atoms in total. The smallest absolute Gasteiger partial charge is 0.322 e. The average molecular weight is 275 g/mol. The Hall–Kier alpha value is -1.67. The number of rotatable bonds is 9. The number of hydrogen-bond donors (Lipinski definition) is 5. The van der Waals surface area contributed by atoms with Gasteiger partial charge in [0.05, 0.1) is 12.5 Å². The van der Waals surface area contributed by atoms with Crippen LogP contribution in [0.4, 0.5) is 0 Å². The van der Waals surface area contributed by atoms with Gasteiger partial charge >= 0.3 is 11.9 Å². The lowest BCUT2D eigenvalue weighted by Gasteiger charge is -2.20. The highest BCUT2D eigenvalue weighted by atomic mass is 16.4. The van der Waals surface area contributed by atoms with Gasteiger partial charge in [0, 0.05) is 12.6 Å². The number of carboxylic acids is 2. The van der Waals surface area contributed by atoms with E-state index in [0.29, 0.717) is 0 Å². The lowest BCUT2D eigenvalue weighted by Crippen LogP contribution is -2.52. The van der Waals surface area contributed by atoms with Crippen LogP contribution in [0.1, 0.15) is 20.3 Å². The van der Waals surface area contributed by atoms with Crippen molar-refractivity contribution < 1.29 is 24.6 Å². The molecule has 0 heterocycles. The van der Waals surface area contributed by atoms with Gasteiger partial charge in [-0.3, -0.25) is 14.4 Å². The molecule has 0 aliphatic rings. The molecule has 5 N–H and O–H groups in total. The first-order chi connectivity index (χ1) is 8.77. The van der Waals surface area contributed by atoms with Crippen molar-refractivity contribution >= 4 is 17.8 Å². The summed E-state index contributed by atoms with van der Waals surface area (Å²) in [5, 5.41) is 25.3. The van der Waals surface area contributed by atoms with E-state index >= 15 is 0 Å². The topological polar surface area (TPSA) is 128 Å². The molecule has 0 aromatic carbocycles. The fourth-order valence-corrected chi connectivity index (χ4v) is 1.44. The zero-order valence-electron chi connectivity index (χ0n) is 11.3. The van der Waals surface area contributed by atoms with E-state index in [0.717, 1.165) is 0 Å².